The molecule has 0 amide bonds. The third-order valence-electron chi connectivity index (χ3n) is 19.4. The number of carbonyl (C=O) groups excluding carboxylic acids is 4. The molecular formula is C82H160O17P2. The van der Waals surface area contributed by atoms with E-state index in [1.54, 1.807) is 0 Å². The molecule has 101 heavy (non-hydrogen) atoms. The summed E-state index contributed by atoms with van der Waals surface area (Å²) in [6.45, 7) is 5.03. The van der Waals surface area contributed by atoms with Crippen molar-refractivity contribution in [1.29, 1.82) is 0 Å². The molecule has 0 rings (SSSR count). The smallest absolute Gasteiger partial charge is 0.462 e. The lowest BCUT2D eigenvalue weighted by Gasteiger charge is -2.21. The average Bonchev–Trinajstić information content (AvgIpc) is 1.02. The van der Waals surface area contributed by atoms with Crippen molar-refractivity contribution in [1.82, 2.24) is 0 Å². The topological polar surface area (TPSA) is 237 Å². The lowest BCUT2D eigenvalue weighted by Crippen LogP contribution is -2.30. The van der Waals surface area contributed by atoms with E-state index in [2.05, 4.69) is 27.7 Å². The van der Waals surface area contributed by atoms with Crippen molar-refractivity contribution in [2.24, 2.45) is 0 Å². The fourth-order valence-electron chi connectivity index (χ4n) is 12.8. The molecule has 19 heteroatoms. The minimum atomic E-state index is -4.96. The number of hydrogen-bond acceptors (Lipinski definition) is 15. The Labute approximate surface area is 619 Å². The summed E-state index contributed by atoms with van der Waals surface area (Å²) in [7, 11) is -9.92. The van der Waals surface area contributed by atoms with Gasteiger partial charge in [0.1, 0.15) is 19.3 Å². The van der Waals surface area contributed by atoms with E-state index in [1.807, 2.05) is 0 Å². The van der Waals surface area contributed by atoms with Gasteiger partial charge in [0.25, 0.3) is 0 Å². The molecular weight excluding hydrogens is 1320 g/mol. The van der Waals surface area contributed by atoms with E-state index in [-0.39, 0.29) is 25.7 Å². The first-order valence-corrected chi connectivity index (χ1v) is 45.8. The molecule has 0 aromatic carbocycles. The SMILES string of the molecule is CCCCCCCCCCCCCCCCCCCCCCCCC(=O)O[C@H](COC(=O)CCCCCCCCCCCCCCCCC)COP(=O)(O)OC[C@@H](O)COP(=O)(O)OC[C@@H](COC(=O)CCCCCCCCCCCCCC)OC(=O)CCCCCCCCCCCCCC. The highest BCUT2D eigenvalue weighted by Gasteiger charge is 2.30. The van der Waals surface area contributed by atoms with Gasteiger partial charge in [-0.3, -0.25) is 37.3 Å². The lowest BCUT2D eigenvalue weighted by molar-refractivity contribution is -0.161. The molecule has 0 saturated heterocycles. The molecule has 3 N–H and O–H groups in total. The van der Waals surface area contributed by atoms with E-state index in [9.17, 15) is 43.2 Å². The molecule has 5 atom stereocenters. The second-order valence-electron chi connectivity index (χ2n) is 29.5. The zero-order valence-corrected chi connectivity index (χ0v) is 67.7. The van der Waals surface area contributed by atoms with Gasteiger partial charge < -0.3 is 33.8 Å². The third-order valence-corrected chi connectivity index (χ3v) is 21.3. The quantitative estimate of drug-likeness (QED) is 0.0222. The molecule has 0 radical (unpaired) electrons. The van der Waals surface area contributed by atoms with E-state index < -0.39 is 97.5 Å². The molecule has 0 aromatic rings. The Morgan fingerprint density at radius 3 is 0.584 bits per heavy atom. The summed E-state index contributed by atoms with van der Waals surface area (Å²) in [5.41, 5.74) is 0. The van der Waals surface area contributed by atoms with Gasteiger partial charge >= 0.3 is 39.5 Å². The molecule has 0 aliphatic carbocycles. The molecule has 0 heterocycles. The molecule has 0 saturated carbocycles. The van der Waals surface area contributed by atoms with Gasteiger partial charge in [-0.2, -0.15) is 0 Å². The van der Waals surface area contributed by atoms with Gasteiger partial charge in [0.2, 0.25) is 0 Å². The maximum Gasteiger partial charge on any atom is 0.472 e. The molecule has 0 aliphatic heterocycles. The highest BCUT2D eigenvalue weighted by molar-refractivity contribution is 7.47. The number of carbonyl (C=O) groups is 4. The van der Waals surface area contributed by atoms with Crippen molar-refractivity contribution in [2.45, 2.75) is 463 Å². The number of phosphoric acid groups is 2. The highest BCUT2D eigenvalue weighted by atomic mass is 31.2. The van der Waals surface area contributed by atoms with Crippen LogP contribution in [-0.2, 0) is 65.4 Å². The maximum absolute atomic E-state index is 13.1. The van der Waals surface area contributed by atoms with Gasteiger partial charge in [-0.1, -0.05) is 394 Å². The number of hydrogen-bond donors (Lipinski definition) is 3. The fourth-order valence-corrected chi connectivity index (χ4v) is 14.4. The van der Waals surface area contributed by atoms with Crippen molar-refractivity contribution >= 4 is 39.5 Å². The summed E-state index contributed by atoms with van der Waals surface area (Å²) in [6.07, 6.45) is 69.3. The van der Waals surface area contributed by atoms with E-state index in [1.165, 1.54) is 276 Å². The Morgan fingerprint density at radius 2 is 0.396 bits per heavy atom. The highest BCUT2D eigenvalue weighted by Crippen LogP contribution is 2.45. The van der Waals surface area contributed by atoms with Gasteiger partial charge in [0, 0.05) is 25.7 Å². The fraction of sp³-hybridized carbons (Fsp3) is 0.951. The predicted octanol–water partition coefficient (Wildman–Crippen LogP) is 25.0. The summed E-state index contributed by atoms with van der Waals surface area (Å²) in [5, 5.41) is 10.6. The van der Waals surface area contributed by atoms with Crippen LogP contribution in [0.2, 0.25) is 0 Å². The predicted molar refractivity (Wildman–Crippen MR) is 414 cm³/mol. The van der Waals surface area contributed by atoms with Gasteiger partial charge in [-0.25, -0.2) is 9.13 Å². The molecule has 0 aromatic heterocycles. The number of aliphatic hydroxyl groups excluding tert-OH is 1. The Kier molecular flexibility index (Phi) is 74.8. The van der Waals surface area contributed by atoms with Gasteiger partial charge in [-0.15, -0.1) is 0 Å². The Balaban J connectivity index is 5.21. The molecule has 0 bridgehead atoms. The summed E-state index contributed by atoms with van der Waals surface area (Å²) in [4.78, 5) is 73.0. The lowest BCUT2D eigenvalue weighted by atomic mass is 10.0. The van der Waals surface area contributed by atoms with Crippen molar-refractivity contribution in [2.75, 3.05) is 39.6 Å². The van der Waals surface area contributed by atoms with Crippen LogP contribution in [0.1, 0.15) is 445 Å². The summed E-state index contributed by atoms with van der Waals surface area (Å²) < 4.78 is 68.7. The zero-order valence-electron chi connectivity index (χ0n) is 65.9. The Bertz CT molecular complexity index is 1910. The van der Waals surface area contributed by atoms with Crippen LogP contribution in [-0.4, -0.2) is 96.7 Å². The van der Waals surface area contributed by atoms with E-state index >= 15 is 0 Å². The summed E-state index contributed by atoms with van der Waals surface area (Å²) in [5.74, 6) is -2.10. The molecule has 17 nitrogen and oxygen atoms in total. The first-order valence-electron chi connectivity index (χ1n) is 42.8. The first kappa shape index (κ1) is 99.1. The molecule has 0 fully saturated rings. The van der Waals surface area contributed by atoms with Crippen molar-refractivity contribution in [3.05, 3.63) is 0 Å². The van der Waals surface area contributed by atoms with E-state index in [4.69, 9.17) is 37.0 Å². The van der Waals surface area contributed by atoms with E-state index in [0.29, 0.717) is 25.7 Å². The minimum absolute atomic E-state index is 0.108. The number of aliphatic hydroxyl groups is 1. The van der Waals surface area contributed by atoms with Crippen LogP contribution in [0.3, 0.4) is 0 Å². The second-order valence-corrected chi connectivity index (χ2v) is 32.4. The third kappa shape index (κ3) is 76.1. The van der Waals surface area contributed by atoms with Crippen LogP contribution in [0.4, 0.5) is 0 Å². The minimum Gasteiger partial charge on any atom is -0.462 e. The van der Waals surface area contributed by atoms with E-state index in [0.717, 1.165) is 89.9 Å². The standard InChI is InChI=1S/C82H160O17P2/c1-5-9-13-17-21-25-29-33-35-36-37-38-39-40-41-43-45-49-53-57-61-65-69-82(87)99-78(73-93-80(85)67-63-59-55-51-48-44-42-34-30-26-22-18-14-10-6-2)75-97-101(90,91)95-71-76(83)70-94-100(88,89)96-74-77(98-81(86)68-64-60-56-52-47-32-28-24-20-16-12-8-4)72-92-79(84)66-62-58-54-50-46-31-27-23-19-15-11-7-3/h76-78,83H,5-75H2,1-4H3,(H,88,89)(H,90,91)/t76-,77+,78+/m0/s1. The second kappa shape index (κ2) is 76.3. The molecule has 600 valence electrons. The van der Waals surface area contributed by atoms with Gasteiger partial charge in [-0.05, 0) is 25.7 Å². The number of rotatable bonds is 83. The van der Waals surface area contributed by atoms with Crippen LogP contribution in [0, 0.1) is 0 Å². The monoisotopic (exact) mass is 1480 g/mol. The summed E-state index contributed by atoms with van der Waals surface area (Å²) in [6, 6.07) is 0. The first-order chi connectivity index (χ1) is 49.2. The van der Waals surface area contributed by atoms with Gasteiger partial charge in [0.15, 0.2) is 12.2 Å². The van der Waals surface area contributed by atoms with Crippen molar-refractivity contribution in [3.8, 4) is 0 Å². The number of unbranched alkanes of at least 4 members (excludes halogenated alkanes) is 57. The maximum atomic E-state index is 13.1. The molecule has 0 aliphatic rings. The molecule has 0 spiro atoms. The van der Waals surface area contributed by atoms with Gasteiger partial charge in [0.05, 0.1) is 26.4 Å². The van der Waals surface area contributed by atoms with Crippen LogP contribution >= 0.6 is 15.6 Å². The summed E-state index contributed by atoms with van der Waals surface area (Å²) >= 11 is 0. The van der Waals surface area contributed by atoms with Crippen LogP contribution in [0.25, 0.3) is 0 Å². The Morgan fingerprint density at radius 1 is 0.238 bits per heavy atom. The number of phosphoric ester groups is 2. The largest absolute Gasteiger partial charge is 0.472 e. The van der Waals surface area contributed by atoms with Crippen LogP contribution in [0.5, 0.6) is 0 Å². The Hall–Kier alpha value is -1.94. The van der Waals surface area contributed by atoms with Crippen molar-refractivity contribution < 1.29 is 80.2 Å². The van der Waals surface area contributed by atoms with Crippen molar-refractivity contribution in [3.63, 3.8) is 0 Å². The van der Waals surface area contributed by atoms with Crippen LogP contribution in [0.15, 0.2) is 0 Å². The number of esters is 4. The zero-order chi connectivity index (χ0) is 73.9. The number of ether oxygens (including phenoxy) is 4. The average molecular weight is 1480 g/mol. The molecule has 2 unspecified atom stereocenters. The normalized spacial score (nSPS) is 13.8. The van der Waals surface area contributed by atoms with Crippen LogP contribution < -0.4 is 0 Å².